The van der Waals surface area contributed by atoms with Gasteiger partial charge in [0.15, 0.2) is 0 Å². The molecule has 0 aromatic heterocycles. The maximum absolute atomic E-state index is 12.6. The van der Waals surface area contributed by atoms with Gasteiger partial charge in [-0.05, 0) is 51.3 Å². The summed E-state index contributed by atoms with van der Waals surface area (Å²) in [6, 6.07) is 7.19. The SMILES string of the molecule is COc1cc(C2(O)CC3CCC(C2)N3C(=O)OC(C)(C)C)ccc1C#N. The van der Waals surface area contributed by atoms with Crippen LogP contribution in [0.3, 0.4) is 0 Å². The summed E-state index contributed by atoms with van der Waals surface area (Å²) in [6.07, 6.45) is 2.33. The van der Waals surface area contributed by atoms with Crippen LogP contribution in [0, 0.1) is 11.3 Å². The molecule has 2 heterocycles. The third kappa shape index (κ3) is 3.36. The molecule has 2 aliphatic heterocycles. The molecule has 2 atom stereocenters. The Morgan fingerprint density at radius 1 is 1.31 bits per heavy atom. The van der Waals surface area contributed by atoms with Gasteiger partial charge in [0.25, 0.3) is 0 Å². The first-order chi connectivity index (χ1) is 12.2. The topological polar surface area (TPSA) is 82.8 Å². The van der Waals surface area contributed by atoms with E-state index in [1.807, 2.05) is 20.8 Å². The Balaban J connectivity index is 1.84. The summed E-state index contributed by atoms with van der Waals surface area (Å²) in [7, 11) is 1.51. The number of nitriles is 1. The fraction of sp³-hybridized carbons (Fsp3) is 0.600. The number of amides is 1. The molecule has 3 rings (SSSR count). The molecular formula is C20H26N2O4. The molecule has 2 aliphatic rings. The second-order valence-electron chi connectivity index (χ2n) is 8.24. The molecule has 1 N–H and O–H groups in total. The van der Waals surface area contributed by atoms with Gasteiger partial charge in [0, 0.05) is 24.9 Å². The van der Waals surface area contributed by atoms with Gasteiger partial charge < -0.3 is 19.5 Å². The zero-order valence-corrected chi connectivity index (χ0v) is 15.8. The van der Waals surface area contributed by atoms with Gasteiger partial charge >= 0.3 is 6.09 Å². The molecule has 2 saturated heterocycles. The van der Waals surface area contributed by atoms with Crippen molar-refractivity contribution in [2.75, 3.05) is 7.11 Å². The Morgan fingerprint density at radius 2 is 1.92 bits per heavy atom. The number of carbonyl (C=O) groups is 1. The van der Waals surface area contributed by atoms with Crippen LogP contribution < -0.4 is 4.74 Å². The Morgan fingerprint density at radius 3 is 2.42 bits per heavy atom. The van der Waals surface area contributed by atoms with Crippen molar-refractivity contribution in [1.29, 1.82) is 5.26 Å². The standard InChI is InChI=1S/C20H26N2O4/c1-19(2,3)26-18(23)22-15-7-8-16(22)11-20(24,10-15)14-6-5-13(12-21)17(9-14)25-4/h5-6,9,15-16,24H,7-8,10-11H2,1-4H3. The van der Waals surface area contributed by atoms with E-state index in [9.17, 15) is 9.90 Å². The first-order valence-corrected chi connectivity index (χ1v) is 8.99. The first-order valence-electron chi connectivity index (χ1n) is 8.99. The summed E-state index contributed by atoms with van der Waals surface area (Å²) in [5.41, 5.74) is -0.404. The Hall–Kier alpha value is -2.26. The normalized spacial score (nSPS) is 27.8. The highest BCUT2D eigenvalue weighted by molar-refractivity contribution is 5.70. The highest BCUT2D eigenvalue weighted by atomic mass is 16.6. The first kappa shape index (κ1) is 18.5. The van der Waals surface area contributed by atoms with Crippen molar-refractivity contribution >= 4 is 6.09 Å². The minimum atomic E-state index is -1.04. The summed E-state index contributed by atoms with van der Waals surface area (Å²) in [5, 5.41) is 20.5. The van der Waals surface area contributed by atoms with E-state index in [2.05, 4.69) is 6.07 Å². The van der Waals surface area contributed by atoms with Crippen molar-refractivity contribution in [2.45, 2.75) is 69.7 Å². The maximum atomic E-state index is 12.6. The zero-order chi connectivity index (χ0) is 19.1. The zero-order valence-electron chi connectivity index (χ0n) is 15.8. The second-order valence-corrected chi connectivity index (χ2v) is 8.24. The van der Waals surface area contributed by atoms with Crippen molar-refractivity contribution < 1.29 is 19.4 Å². The number of nitrogens with zero attached hydrogens (tertiary/aromatic N) is 2. The largest absolute Gasteiger partial charge is 0.495 e. The van der Waals surface area contributed by atoms with E-state index in [-0.39, 0.29) is 18.2 Å². The van der Waals surface area contributed by atoms with Crippen LogP contribution in [-0.2, 0) is 10.3 Å². The highest BCUT2D eigenvalue weighted by Gasteiger charge is 2.51. The van der Waals surface area contributed by atoms with Gasteiger partial charge in [-0.2, -0.15) is 5.26 Å². The van der Waals surface area contributed by atoms with Crippen LogP contribution in [0.1, 0.15) is 57.6 Å². The smallest absolute Gasteiger partial charge is 0.410 e. The number of carbonyl (C=O) groups excluding carboxylic acids is 1. The molecule has 1 amide bonds. The molecule has 1 aromatic carbocycles. The number of benzene rings is 1. The van der Waals surface area contributed by atoms with Crippen LogP contribution >= 0.6 is 0 Å². The van der Waals surface area contributed by atoms with E-state index in [0.29, 0.717) is 24.2 Å². The summed E-state index contributed by atoms with van der Waals surface area (Å²) in [5.74, 6) is 0.459. The number of fused-ring (bicyclic) bond motifs is 2. The van der Waals surface area contributed by atoms with Crippen molar-refractivity contribution in [3.63, 3.8) is 0 Å². The molecule has 6 heteroatoms. The van der Waals surface area contributed by atoms with Gasteiger partial charge in [0.2, 0.25) is 0 Å². The van der Waals surface area contributed by atoms with Crippen molar-refractivity contribution in [3.05, 3.63) is 29.3 Å². The molecule has 6 nitrogen and oxygen atoms in total. The van der Waals surface area contributed by atoms with Crippen LogP contribution in [0.5, 0.6) is 5.75 Å². The van der Waals surface area contributed by atoms with Crippen LogP contribution in [0.25, 0.3) is 0 Å². The summed E-state index contributed by atoms with van der Waals surface area (Å²) in [6.45, 7) is 5.57. The van der Waals surface area contributed by atoms with Crippen LogP contribution in [0.2, 0.25) is 0 Å². The highest BCUT2D eigenvalue weighted by Crippen LogP contribution is 2.46. The molecule has 1 aromatic rings. The molecule has 2 bridgehead atoms. The Bertz CT molecular complexity index is 733. The molecule has 0 spiro atoms. The molecule has 0 radical (unpaired) electrons. The van der Waals surface area contributed by atoms with Crippen LogP contribution in [-0.4, -0.2) is 40.9 Å². The predicted octanol–water partition coefficient (Wildman–Crippen LogP) is 3.32. The van der Waals surface area contributed by atoms with E-state index >= 15 is 0 Å². The molecule has 2 unspecified atom stereocenters. The number of rotatable bonds is 2. The predicted molar refractivity (Wildman–Crippen MR) is 95.7 cm³/mol. The van der Waals surface area contributed by atoms with Crippen molar-refractivity contribution in [1.82, 2.24) is 4.90 Å². The quantitative estimate of drug-likeness (QED) is 0.877. The van der Waals surface area contributed by atoms with Gasteiger partial charge in [-0.25, -0.2) is 4.79 Å². The number of methoxy groups -OCH3 is 1. The van der Waals surface area contributed by atoms with Crippen LogP contribution in [0.15, 0.2) is 18.2 Å². The third-order valence-corrected chi connectivity index (χ3v) is 5.23. The molecule has 140 valence electrons. The molecule has 0 aliphatic carbocycles. The lowest BCUT2D eigenvalue weighted by Gasteiger charge is -2.44. The average Bonchev–Trinajstić information content (AvgIpc) is 2.85. The number of hydrogen-bond donors (Lipinski definition) is 1. The fourth-order valence-corrected chi connectivity index (χ4v) is 4.15. The lowest BCUT2D eigenvalue weighted by atomic mass is 9.80. The summed E-state index contributed by atoms with van der Waals surface area (Å²) < 4.78 is 10.8. The fourth-order valence-electron chi connectivity index (χ4n) is 4.15. The maximum Gasteiger partial charge on any atom is 0.410 e. The van der Waals surface area contributed by atoms with E-state index in [1.165, 1.54) is 7.11 Å². The third-order valence-electron chi connectivity index (χ3n) is 5.23. The van der Waals surface area contributed by atoms with Gasteiger partial charge in [0.05, 0.1) is 18.3 Å². The monoisotopic (exact) mass is 358 g/mol. The number of hydrogen-bond acceptors (Lipinski definition) is 5. The van der Waals surface area contributed by atoms with E-state index in [1.54, 1.807) is 23.1 Å². The lowest BCUT2D eigenvalue weighted by molar-refractivity contribution is -0.0625. The van der Waals surface area contributed by atoms with Gasteiger partial charge in [-0.3, -0.25) is 0 Å². The van der Waals surface area contributed by atoms with Crippen molar-refractivity contribution in [3.8, 4) is 11.8 Å². The molecule has 2 fully saturated rings. The summed E-state index contributed by atoms with van der Waals surface area (Å²) >= 11 is 0. The van der Waals surface area contributed by atoms with E-state index in [4.69, 9.17) is 14.7 Å². The van der Waals surface area contributed by atoms with Gasteiger partial charge in [0.1, 0.15) is 17.4 Å². The number of ether oxygens (including phenoxy) is 2. The van der Waals surface area contributed by atoms with Gasteiger partial charge in [-0.15, -0.1) is 0 Å². The van der Waals surface area contributed by atoms with Crippen molar-refractivity contribution in [2.24, 2.45) is 0 Å². The van der Waals surface area contributed by atoms with E-state index < -0.39 is 11.2 Å². The molecule has 26 heavy (non-hydrogen) atoms. The Labute approximate surface area is 154 Å². The van der Waals surface area contributed by atoms with Gasteiger partial charge in [-0.1, -0.05) is 6.07 Å². The lowest BCUT2D eigenvalue weighted by Crippen LogP contribution is -2.53. The number of piperidine rings is 1. The number of aliphatic hydroxyl groups is 1. The minimum absolute atomic E-state index is 0.0461. The molecule has 0 saturated carbocycles. The van der Waals surface area contributed by atoms with E-state index in [0.717, 1.165) is 18.4 Å². The molecular weight excluding hydrogens is 332 g/mol. The minimum Gasteiger partial charge on any atom is -0.495 e. The average molecular weight is 358 g/mol. The summed E-state index contributed by atoms with van der Waals surface area (Å²) in [4.78, 5) is 14.4. The van der Waals surface area contributed by atoms with Crippen LogP contribution in [0.4, 0.5) is 4.79 Å². The Kier molecular flexibility index (Phi) is 4.61. The second kappa shape index (κ2) is 6.48.